The maximum atomic E-state index is 10.9. The van der Waals surface area contributed by atoms with Crippen molar-refractivity contribution in [3.05, 3.63) is 59.9 Å². The van der Waals surface area contributed by atoms with Gasteiger partial charge in [0.25, 0.3) is 0 Å². The fraction of sp³-hybridized carbons (Fsp3) is 0.200. The van der Waals surface area contributed by atoms with Gasteiger partial charge in [0.05, 0.1) is 23.0 Å². The first-order chi connectivity index (χ1) is 9.20. The first kappa shape index (κ1) is 11.7. The van der Waals surface area contributed by atoms with Gasteiger partial charge in [-0.25, -0.2) is 4.79 Å². The fourth-order valence-corrected chi connectivity index (χ4v) is 2.27. The number of carbonyl (C=O) groups is 1. The molecular formula is C15H14N2O2. The predicted molar refractivity (Wildman–Crippen MR) is 72.2 cm³/mol. The van der Waals surface area contributed by atoms with Crippen molar-refractivity contribution < 1.29 is 9.90 Å². The Morgan fingerprint density at radius 2 is 1.95 bits per heavy atom. The van der Waals surface area contributed by atoms with Crippen molar-refractivity contribution in [1.82, 2.24) is 4.98 Å². The number of nitrogens with zero attached hydrogens (tertiary/aromatic N) is 1. The average Bonchev–Trinajstić information content (AvgIpc) is 3.21. The van der Waals surface area contributed by atoms with Crippen molar-refractivity contribution in [3.63, 3.8) is 0 Å². The van der Waals surface area contributed by atoms with E-state index in [1.807, 2.05) is 18.2 Å². The molecular weight excluding hydrogens is 240 g/mol. The predicted octanol–water partition coefficient (Wildman–Crippen LogP) is 2.88. The second-order valence-electron chi connectivity index (χ2n) is 4.84. The van der Waals surface area contributed by atoms with E-state index in [9.17, 15) is 4.79 Å². The van der Waals surface area contributed by atoms with E-state index in [1.165, 1.54) is 11.8 Å². The minimum absolute atomic E-state index is 0.0555. The second kappa shape index (κ2) is 4.39. The molecule has 0 amide bonds. The lowest BCUT2D eigenvalue weighted by Crippen LogP contribution is -2.19. The van der Waals surface area contributed by atoms with Crippen molar-refractivity contribution in [3.8, 4) is 0 Å². The monoisotopic (exact) mass is 254 g/mol. The van der Waals surface area contributed by atoms with Gasteiger partial charge in [0, 0.05) is 6.20 Å². The van der Waals surface area contributed by atoms with E-state index in [4.69, 9.17) is 5.11 Å². The molecule has 3 rings (SSSR count). The molecule has 2 aromatic rings. The number of anilines is 1. The first-order valence-corrected chi connectivity index (χ1v) is 6.22. The van der Waals surface area contributed by atoms with E-state index in [1.54, 1.807) is 12.3 Å². The summed E-state index contributed by atoms with van der Waals surface area (Å²) in [6.07, 6.45) is 5.12. The lowest BCUT2D eigenvalue weighted by molar-refractivity contribution is 0.0696. The van der Waals surface area contributed by atoms with Crippen molar-refractivity contribution in [2.45, 2.75) is 18.4 Å². The molecule has 0 saturated heterocycles. The summed E-state index contributed by atoms with van der Waals surface area (Å²) in [6.45, 7) is 0. The zero-order valence-corrected chi connectivity index (χ0v) is 10.3. The Morgan fingerprint density at radius 1 is 1.21 bits per heavy atom. The number of benzene rings is 1. The zero-order valence-electron chi connectivity index (χ0n) is 10.3. The maximum Gasteiger partial charge on any atom is 0.337 e. The molecule has 0 unspecified atom stereocenters. The van der Waals surface area contributed by atoms with Crippen LogP contribution in [-0.4, -0.2) is 16.1 Å². The number of hydrogen-bond acceptors (Lipinski definition) is 3. The Kier molecular flexibility index (Phi) is 2.71. The molecule has 0 aliphatic heterocycles. The maximum absolute atomic E-state index is 10.9. The number of carboxylic acids is 1. The molecule has 0 bridgehead atoms. The fourth-order valence-electron chi connectivity index (χ4n) is 2.27. The number of hydrogen-bond donors (Lipinski definition) is 2. The molecule has 19 heavy (non-hydrogen) atoms. The van der Waals surface area contributed by atoms with Crippen molar-refractivity contribution in [2.24, 2.45) is 0 Å². The number of pyridine rings is 1. The highest BCUT2D eigenvalue weighted by Crippen LogP contribution is 2.48. The summed E-state index contributed by atoms with van der Waals surface area (Å²) in [5, 5.41) is 12.4. The Hall–Kier alpha value is -2.36. The number of aromatic nitrogens is 1. The van der Waals surface area contributed by atoms with Crippen LogP contribution in [0.15, 0.2) is 48.8 Å². The van der Waals surface area contributed by atoms with Gasteiger partial charge in [0.2, 0.25) is 0 Å². The molecule has 96 valence electrons. The summed E-state index contributed by atoms with van der Waals surface area (Å²) in [4.78, 5) is 14.9. The van der Waals surface area contributed by atoms with Gasteiger partial charge in [-0.1, -0.05) is 30.3 Å². The van der Waals surface area contributed by atoms with Gasteiger partial charge >= 0.3 is 5.97 Å². The quantitative estimate of drug-likeness (QED) is 0.880. The molecule has 0 radical (unpaired) electrons. The third kappa shape index (κ3) is 2.29. The van der Waals surface area contributed by atoms with E-state index in [-0.39, 0.29) is 11.1 Å². The molecule has 1 aliphatic carbocycles. The van der Waals surface area contributed by atoms with Gasteiger partial charge in [0.15, 0.2) is 0 Å². The Balaban J connectivity index is 1.86. The molecule has 1 saturated carbocycles. The highest BCUT2D eigenvalue weighted by atomic mass is 16.4. The van der Waals surface area contributed by atoms with Crippen LogP contribution < -0.4 is 5.32 Å². The van der Waals surface area contributed by atoms with E-state index in [0.29, 0.717) is 0 Å². The van der Waals surface area contributed by atoms with Crippen LogP contribution in [-0.2, 0) is 5.54 Å². The summed E-state index contributed by atoms with van der Waals surface area (Å²) < 4.78 is 0. The van der Waals surface area contributed by atoms with Gasteiger partial charge in [-0.2, -0.15) is 0 Å². The number of aromatic carboxylic acids is 1. The van der Waals surface area contributed by atoms with Crippen LogP contribution in [0.5, 0.6) is 0 Å². The highest BCUT2D eigenvalue weighted by molar-refractivity contribution is 5.88. The van der Waals surface area contributed by atoms with E-state index in [2.05, 4.69) is 22.4 Å². The number of rotatable bonds is 4. The van der Waals surface area contributed by atoms with Crippen molar-refractivity contribution >= 4 is 11.7 Å². The Labute approximate surface area is 111 Å². The van der Waals surface area contributed by atoms with Gasteiger partial charge in [-0.15, -0.1) is 0 Å². The Bertz CT molecular complexity index is 607. The molecule has 4 nitrogen and oxygen atoms in total. The largest absolute Gasteiger partial charge is 0.478 e. The molecule has 2 N–H and O–H groups in total. The van der Waals surface area contributed by atoms with Crippen LogP contribution in [0.4, 0.5) is 5.69 Å². The molecule has 0 spiro atoms. The normalized spacial score (nSPS) is 15.8. The standard InChI is InChI=1S/C15H14N2O2/c18-14(19)11-8-13(10-16-9-11)17-15(6-7-15)12-4-2-1-3-5-12/h1-5,8-10,17H,6-7H2,(H,18,19). The SMILES string of the molecule is O=C(O)c1cncc(NC2(c3ccccc3)CC2)c1. The lowest BCUT2D eigenvalue weighted by Gasteiger charge is -2.19. The van der Waals surface area contributed by atoms with Crippen LogP contribution in [0.1, 0.15) is 28.8 Å². The minimum Gasteiger partial charge on any atom is -0.478 e. The molecule has 1 aliphatic rings. The van der Waals surface area contributed by atoms with Crippen molar-refractivity contribution in [1.29, 1.82) is 0 Å². The van der Waals surface area contributed by atoms with Crippen LogP contribution in [0.25, 0.3) is 0 Å². The van der Waals surface area contributed by atoms with Crippen LogP contribution in [0.3, 0.4) is 0 Å². The van der Waals surface area contributed by atoms with Gasteiger partial charge in [-0.05, 0) is 24.5 Å². The molecule has 1 heterocycles. The smallest absolute Gasteiger partial charge is 0.337 e. The summed E-state index contributed by atoms with van der Waals surface area (Å²) in [5.41, 5.74) is 2.13. The summed E-state index contributed by atoms with van der Waals surface area (Å²) in [7, 11) is 0. The average molecular weight is 254 g/mol. The van der Waals surface area contributed by atoms with Crippen LogP contribution in [0, 0.1) is 0 Å². The van der Waals surface area contributed by atoms with Gasteiger partial charge < -0.3 is 10.4 Å². The summed E-state index contributed by atoms with van der Waals surface area (Å²) in [6, 6.07) is 11.8. The van der Waals surface area contributed by atoms with Gasteiger partial charge in [0.1, 0.15) is 0 Å². The van der Waals surface area contributed by atoms with Crippen molar-refractivity contribution in [2.75, 3.05) is 5.32 Å². The Morgan fingerprint density at radius 3 is 2.58 bits per heavy atom. The third-order valence-electron chi connectivity index (χ3n) is 3.45. The summed E-state index contributed by atoms with van der Waals surface area (Å²) in [5.74, 6) is -0.958. The molecule has 0 atom stereocenters. The zero-order chi connectivity index (χ0) is 13.3. The van der Waals surface area contributed by atoms with Gasteiger partial charge in [-0.3, -0.25) is 4.98 Å². The van der Waals surface area contributed by atoms with Crippen LogP contribution >= 0.6 is 0 Å². The van der Waals surface area contributed by atoms with Crippen LogP contribution in [0.2, 0.25) is 0 Å². The second-order valence-corrected chi connectivity index (χ2v) is 4.84. The minimum atomic E-state index is -0.958. The molecule has 1 aromatic heterocycles. The molecule has 1 fully saturated rings. The lowest BCUT2D eigenvalue weighted by atomic mass is 10.0. The highest BCUT2D eigenvalue weighted by Gasteiger charge is 2.44. The summed E-state index contributed by atoms with van der Waals surface area (Å²) >= 11 is 0. The molecule has 1 aromatic carbocycles. The number of carboxylic acid groups (broad SMARTS) is 1. The van der Waals surface area contributed by atoms with E-state index >= 15 is 0 Å². The first-order valence-electron chi connectivity index (χ1n) is 6.22. The van der Waals surface area contributed by atoms with E-state index < -0.39 is 5.97 Å². The van der Waals surface area contributed by atoms with E-state index in [0.717, 1.165) is 18.5 Å². The number of nitrogens with one attached hydrogen (secondary N) is 1. The molecule has 4 heteroatoms. The third-order valence-corrected chi connectivity index (χ3v) is 3.45. The topological polar surface area (TPSA) is 62.2 Å².